The molecule has 0 spiro atoms. The second-order valence-electron chi connectivity index (χ2n) is 15.3. The van der Waals surface area contributed by atoms with Crippen LogP contribution in [0.2, 0.25) is 0 Å². The van der Waals surface area contributed by atoms with E-state index in [1.807, 2.05) is 13.8 Å². The van der Waals surface area contributed by atoms with Crippen molar-refractivity contribution in [3.05, 3.63) is 12.2 Å². The molecule has 1 heterocycles. The number of carbonyl (C=O) groups excluding carboxylic acids is 1. The molecule has 5 N–H and O–H groups in total. The van der Waals surface area contributed by atoms with Crippen LogP contribution >= 0.6 is 0 Å². The van der Waals surface area contributed by atoms with Crippen LogP contribution in [0, 0.1) is 39.9 Å². The third-order valence-electron chi connectivity index (χ3n) is 12.9. The van der Waals surface area contributed by atoms with Gasteiger partial charge < -0.3 is 39.7 Å². The number of hydrogen-bond donors (Lipinski definition) is 5. The number of carboxylic acid groups (broad SMARTS) is 2. The minimum Gasteiger partial charge on any atom is -0.481 e. The minimum absolute atomic E-state index is 0.0400. The molecule has 13 atom stereocenters. The van der Waals surface area contributed by atoms with Gasteiger partial charge in [-0.2, -0.15) is 0 Å². The molecule has 3 aliphatic carbocycles. The summed E-state index contributed by atoms with van der Waals surface area (Å²) in [5, 5.41) is 52.9. The fraction of sp³-hybridized carbons (Fsp3) is 0.853. The van der Waals surface area contributed by atoms with Gasteiger partial charge in [0.2, 0.25) is 0 Å². The van der Waals surface area contributed by atoms with Gasteiger partial charge in [-0.3, -0.25) is 14.4 Å². The number of ether oxygens (including phenoxy) is 3. The van der Waals surface area contributed by atoms with Crippen molar-refractivity contribution in [2.24, 2.45) is 39.9 Å². The van der Waals surface area contributed by atoms with Crippen LogP contribution in [-0.2, 0) is 28.6 Å². The molecule has 1 aliphatic heterocycles. The topological polar surface area (TPSA) is 180 Å². The highest BCUT2D eigenvalue weighted by atomic mass is 16.7. The lowest BCUT2D eigenvalue weighted by Crippen LogP contribution is -2.64. The molecule has 3 saturated carbocycles. The van der Waals surface area contributed by atoms with E-state index in [0.29, 0.717) is 19.3 Å². The molecule has 2 unspecified atom stereocenters. The van der Waals surface area contributed by atoms with Crippen molar-refractivity contribution < 1.29 is 54.1 Å². The zero-order valence-corrected chi connectivity index (χ0v) is 27.7. The summed E-state index contributed by atoms with van der Waals surface area (Å²) in [6, 6.07) is 0. The van der Waals surface area contributed by atoms with E-state index in [2.05, 4.69) is 27.4 Å². The van der Waals surface area contributed by atoms with E-state index in [0.717, 1.165) is 24.8 Å². The van der Waals surface area contributed by atoms with E-state index in [9.17, 15) is 39.9 Å². The van der Waals surface area contributed by atoms with Gasteiger partial charge in [-0.15, -0.1) is 0 Å². The second-order valence-corrected chi connectivity index (χ2v) is 15.3. The SMILES string of the molecule is C=C(C)[C@@H]1CC[C@]2(C)C(C[C@@H](O)C3[C@@H]([C@](C)(CCC(=O)O)O[C@@H]4O[C@@H](COC(C)=O)[C@H](O)[C@H]4O)CC[C@]32C)[C@@]1(C)CCC(=O)O. The monoisotopic (exact) mass is 638 g/mol. The van der Waals surface area contributed by atoms with E-state index in [1.165, 1.54) is 6.92 Å². The van der Waals surface area contributed by atoms with Crippen LogP contribution in [0.1, 0.15) is 99.3 Å². The number of carboxylic acids is 2. The number of aliphatic hydroxyl groups excluding tert-OH is 3. The van der Waals surface area contributed by atoms with Gasteiger partial charge in [-0.05, 0) is 98.7 Å². The Bertz CT molecular complexity index is 1160. The first-order valence-corrected chi connectivity index (χ1v) is 16.4. The zero-order valence-electron chi connectivity index (χ0n) is 27.7. The second kappa shape index (κ2) is 12.9. The first-order valence-electron chi connectivity index (χ1n) is 16.4. The van der Waals surface area contributed by atoms with E-state index < -0.39 is 54.2 Å². The number of fused-ring (bicyclic) bond motifs is 3. The van der Waals surface area contributed by atoms with Crippen molar-refractivity contribution in [2.45, 2.75) is 136 Å². The molecule has 256 valence electrons. The zero-order chi connectivity index (χ0) is 33.7. The van der Waals surface area contributed by atoms with Crippen molar-refractivity contribution in [1.82, 2.24) is 0 Å². The van der Waals surface area contributed by atoms with Crippen LogP contribution in [0.3, 0.4) is 0 Å². The third-order valence-corrected chi connectivity index (χ3v) is 12.9. The Kier molecular flexibility index (Phi) is 10.2. The average Bonchev–Trinajstić information content (AvgIpc) is 3.45. The molecule has 1 saturated heterocycles. The van der Waals surface area contributed by atoms with Crippen LogP contribution in [0.25, 0.3) is 0 Å². The molecule has 11 nitrogen and oxygen atoms in total. The molecule has 0 aromatic rings. The number of aliphatic hydroxyl groups is 3. The van der Waals surface area contributed by atoms with Gasteiger partial charge in [0.1, 0.15) is 24.9 Å². The predicted molar refractivity (Wildman–Crippen MR) is 163 cm³/mol. The molecule has 0 radical (unpaired) electrons. The largest absolute Gasteiger partial charge is 0.481 e. The normalized spacial score (nSPS) is 44.0. The summed E-state index contributed by atoms with van der Waals surface area (Å²) in [6.45, 7) is 15.8. The van der Waals surface area contributed by atoms with Gasteiger partial charge in [-0.1, -0.05) is 32.9 Å². The summed E-state index contributed by atoms with van der Waals surface area (Å²) in [5.41, 5.74) is -1.09. The van der Waals surface area contributed by atoms with Crippen LogP contribution in [-0.4, -0.2) is 86.4 Å². The number of esters is 1. The van der Waals surface area contributed by atoms with E-state index in [-0.39, 0.29) is 65.8 Å². The lowest BCUT2D eigenvalue weighted by Gasteiger charge is -2.67. The van der Waals surface area contributed by atoms with Crippen molar-refractivity contribution in [1.29, 1.82) is 0 Å². The molecule has 0 amide bonds. The highest BCUT2D eigenvalue weighted by Crippen LogP contribution is 2.74. The number of rotatable bonds is 12. The summed E-state index contributed by atoms with van der Waals surface area (Å²) in [5.74, 6) is -2.78. The van der Waals surface area contributed by atoms with Gasteiger partial charge in [0.05, 0.1) is 11.7 Å². The first kappa shape index (κ1) is 35.8. The molecular formula is C34H54O11. The number of allylic oxidation sites excluding steroid dienone is 1. The summed E-state index contributed by atoms with van der Waals surface area (Å²) in [6.07, 6.45) is -1.81. The summed E-state index contributed by atoms with van der Waals surface area (Å²) in [4.78, 5) is 34.9. The Morgan fingerprint density at radius 2 is 1.58 bits per heavy atom. The predicted octanol–water partition coefficient (Wildman–Crippen LogP) is 3.91. The third kappa shape index (κ3) is 6.32. The maximum Gasteiger partial charge on any atom is 0.303 e. The number of aliphatic carboxylic acids is 2. The van der Waals surface area contributed by atoms with Gasteiger partial charge in [-0.25, -0.2) is 0 Å². The van der Waals surface area contributed by atoms with Crippen molar-refractivity contribution in [3.8, 4) is 0 Å². The molecule has 11 heteroatoms. The quantitative estimate of drug-likeness (QED) is 0.154. The molecule has 0 aromatic carbocycles. The Hall–Kier alpha value is -2.05. The Morgan fingerprint density at radius 3 is 2.16 bits per heavy atom. The van der Waals surface area contributed by atoms with Gasteiger partial charge in [0.15, 0.2) is 6.29 Å². The Labute approximate surface area is 266 Å². The maximum atomic E-state index is 12.1. The average molecular weight is 639 g/mol. The molecule has 45 heavy (non-hydrogen) atoms. The fourth-order valence-corrected chi connectivity index (χ4v) is 10.4. The molecule has 0 aromatic heterocycles. The smallest absolute Gasteiger partial charge is 0.303 e. The number of hydrogen-bond acceptors (Lipinski definition) is 9. The van der Waals surface area contributed by atoms with Crippen LogP contribution in [0.5, 0.6) is 0 Å². The highest BCUT2D eigenvalue weighted by molar-refractivity contribution is 5.67. The van der Waals surface area contributed by atoms with Crippen molar-refractivity contribution in [3.63, 3.8) is 0 Å². The summed E-state index contributed by atoms with van der Waals surface area (Å²) in [7, 11) is 0. The number of carbonyl (C=O) groups is 3. The van der Waals surface area contributed by atoms with Gasteiger partial charge >= 0.3 is 17.9 Å². The summed E-state index contributed by atoms with van der Waals surface area (Å²) >= 11 is 0. The standard InChI is InChI=1S/C34H54O11/c1-18(2)20-8-13-32(5)24(31(20,4)12-10-25(37)38)16-22(36)27-21(9-14-33(27,32)6)34(7,15-11-26(39)40)45-30-29(42)28(41)23(44-30)17-43-19(3)35/h20-24,27-30,36,41-42H,1,8-17H2,2-7H3,(H,37,38)(H,39,40)/t20-,21-,22+,23-,24?,27?,28-,29+,30-,31-,32+,33+,34-/m0/s1. The van der Waals surface area contributed by atoms with Crippen molar-refractivity contribution >= 4 is 17.9 Å². The van der Waals surface area contributed by atoms with Crippen LogP contribution in [0.4, 0.5) is 0 Å². The molecule has 4 rings (SSSR count). The van der Waals surface area contributed by atoms with E-state index >= 15 is 0 Å². The van der Waals surface area contributed by atoms with Crippen LogP contribution in [0.15, 0.2) is 12.2 Å². The minimum atomic E-state index is -1.45. The first-order chi connectivity index (χ1) is 20.8. The Balaban J connectivity index is 1.68. The molecule has 4 aliphatic rings. The van der Waals surface area contributed by atoms with Crippen LogP contribution < -0.4 is 0 Å². The van der Waals surface area contributed by atoms with E-state index in [4.69, 9.17) is 14.2 Å². The van der Waals surface area contributed by atoms with Gasteiger partial charge in [0, 0.05) is 19.8 Å². The summed E-state index contributed by atoms with van der Waals surface area (Å²) < 4.78 is 17.3. The maximum absolute atomic E-state index is 12.1. The van der Waals surface area contributed by atoms with Crippen molar-refractivity contribution in [2.75, 3.05) is 6.61 Å². The lowest BCUT2D eigenvalue weighted by atomic mass is 9.37. The lowest BCUT2D eigenvalue weighted by molar-refractivity contribution is -0.261. The fourth-order valence-electron chi connectivity index (χ4n) is 10.4. The Morgan fingerprint density at radius 1 is 0.956 bits per heavy atom. The molecular weight excluding hydrogens is 584 g/mol. The van der Waals surface area contributed by atoms with E-state index in [1.54, 1.807) is 0 Å². The highest BCUT2D eigenvalue weighted by Gasteiger charge is 2.70. The molecule has 0 bridgehead atoms. The van der Waals surface area contributed by atoms with Gasteiger partial charge in [0.25, 0.3) is 0 Å². The molecule has 4 fully saturated rings.